The normalized spacial score (nSPS) is 13.3. The molecule has 1 N–H and O–H groups in total. The highest BCUT2D eigenvalue weighted by Crippen LogP contribution is 2.43. The Balaban J connectivity index is 4.07. The van der Waals surface area contributed by atoms with Gasteiger partial charge < -0.3 is 18.9 Å². The molecule has 0 aliphatic heterocycles. The van der Waals surface area contributed by atoms with Crippen molar-refractivity contribution in [2.45, 2.75) is 283 Å². The average Bonchev–Trinajstić information content (AvgIpc) is 3.24. The number of hydrogen-bond acceptors (Lipinski definition) is 7. The van der Waals surface area contributed by atoms with E-state index in [9.17, 15) is 19.0 Å². The van der Waals surface area contributed by atoms with E-state index in [-0.39, 0.29) is 25.6 Å². The topological polar surface area (TPSA) is 108 Å². The van der Waals surface area contributed by atoms with Gasteiger partial charge in [-0.05, 0) is 12.8 Å². The van der Waals surface area contributed by atoms with Crippen LogP contribution in [0.5, 0.6) is 0 Å². The number of esters is 2. The zero-order valence-electron chi connectivity index (χ0n) is 42.6. The minimum absolute atomic E-state index is 0.0372. The molecule has 376 valence electrons. The molecule has 0 radical (unpaired) electrons. The lowest BCUT2D eigenvalue weighted by Gasteiger charge is -2.24. The van der Waals surface area contributed by atoms with Crippen LogP contribution in [0.4, 0.5) is 0 Å². The maximum absolute atomic E-state index is 12.8. The molecule has 63 heavy (non-hydrogen) atoms. The maximum Gasteiger partial charge on any atom is 0.472 e. The molecule has 10 heteroatoms. The van der Waals surface area contributed by atoms with Crippen LogP contribution < -0.4 is 0 Å². The fourth-order valence-corrected chi connectivity index (χ4v) is 8.88. The molecule has 0 bridgehead atoms. The summed E-state index contributed by atoms with van der Waals surface area (Å²) >= 11 is 0. The van der Waals surface area contributed by atoms with Gasteiger partial charge in [-0.2, -0.15) is 0 Å². The molecule has 0 aliphatic rings. The van der Waals surface area contributed by atoms with Crippen LogP contribution in [-0.4, -0.2) is 74.9 Å². The molecule has 0 amide bonds. The summed E-state index contributed by atoms with van der Waals surface area (Å²) < 4.78 is 34.5. The van der Waals surface area contributed by atoms with Gasteiger partial charge in [0.25, 0.3) is 0 Å². The molecule has 0 saturated carbocycles. The second kappa shape index (κ2) is 46.1. The second-order valence-electron chi connectivity index (χ2n) is 20.0. The van der Waals surface area contributed by atoms with E-state index in [4.69, 9.17) is 18.5 Å². The molecule has 0 aromatic carbocycles. The average molecular weight is 917 g/mol. The molecule has 0 rings (SSSR count). The number of phosphoric acid groups is 1. The van der Waals surface area contributed by atoms with Gasteiger partial charge in [0.05, 0.1) is 27.7 Å². The van der Waals surface area contributed by atoms with Gasteiger partial charge in [-0.3, -0.25) is 18.6 Å². The van der Waals surface area contributed by atoms with E-state index in [0.29, 0.717) is 17.4 Å². The minimum atomic E-state index is -4.37. The first-order valence-corrected chi connectivity index (χ1v) is 28.8. The van der Waals surface area contributed by atoms with Crippen LogP contribution in [0.15, 0.2) is 0 Å². The van der Waals surface area contributed by atoms with Crippen LogP contribution in [0.2, 0.25) is 0 Å². The first-order chi connectivity index (χ1) is 30.5. The van der Waals surface area contributed by atoms with E-state index in [2.05, 4.69) is 13.8 Å². The Morgan fingerprint density at radius 1 is 0.429 bits per heavy atom. The predicted octanol–water partition coefficient (Wildman–Crippen LogP) is 16.3. The first kappa shape index (κ1) is 62.0. The Morgan fingerprint density at radius 2 is 0.714 bits per heavy atom. The first-order valence-electron chi connectivity index (χ1n) is 27.3. The monoisotopic (exact) mass is 917 g/mol. The molecule has 0 saturated heterocycles. The summed E-state index contributed by atoms with van der Waals surface area (Å²) in [6.07, 6.45) is 50.3. The van der Waals surface area contributed by atoms with Crippen molar-refractivity contribution in [1.29, 1.82) is 0 Å². The number of nitrogens with zero attached hydrogens (tertiary/aromatic N) is 1. The molecular weight excluding hydrogens is 810 g/mol. The summed E-state index contributed by atoms with van der Waals surface area (Å²) in [5, 5.41) is 0. The van der Waals surface area contributed by atoms with Gasteiger partial charge in [-0.15, -0.1) is 0 Å². The van der Waals surface area contributed by atoms with Crippen LogP contribution in [0.25, 0.3) is 0 Å². The molecule has 0 fully saturated rings. The largest absolute Gasteiger partial charge is 0.472 e. The van der Waals surface area contributed by atoms with E-state index in [1.54, 1.807) is 0 Å². The summed E-state index contributed by atoms with van der Waals surface area (Å²) in [7, 11) is 1.50. The number of unbranched alkanes of at least 4 members (excludes halogenated alkanes) is 37. The van der Waals surface area contributed by atoms with E-state index >= 15 is 0 Å². The van der Waals surface area contributed by atoms with Gasteiger partial charge >= 0.3 is 19.8 Å². The lowest BCUT2D eigenvalue weighted by atomic mass is 10.0. The Kier molecular flexibility index (Phi) is 45.4. The van der Waals surface area contributed by atoms with Gasteiger partial charge in [-0.1, -0.05) is 251 Å². The van der Waals surface area contributed by atoms with Crippen molar-refractivity contribution in [2.24, 2.45) is 0 Å². The fraction of sp³-hybridized carbons (Fsp3) is 0.962. The third kappa shape index (κ3) is 50.3. The Hall–Kier alpha value is -0.990. The zero-order valence-corrected chi connectivity index (χ0v) is 43.5. The van der Waals surface area contributed by atoms with Crippen LogP contribution in [0.3, 0.4) is 0 Å². The van der Waals surface area contributed by atoms with Crippen molar-refractivity contribution in [2.75, 3.05) is 47.5 Å². The molecule has 0 aromatic rings. The summed E-state index contributed by atoms with van der Waals surface area (Å²) in [4.78, 5) is 35.5. The number of phosphoric ester groups is 1. The van der Waals surface area contributed by atoms with Crippen LogP contribution in [-0.2, 0) is 32.7 Å². The molecule has 2 unspecified atom stereocenters. The number of carbonyl (C=O) groups is 2. The Morgan fingerprint density at radius 3 is 1.02 bits per heavy atom. The lowest BCUT2D eigenvalue weighted by molar-refractivity contribution is -0.870. The maximum atomic E-state index is 12.8. The molecule has 0 aliphatic carbocycles. The number of quaternary nitrogens is 1. The predicted molar refractivity (Wildman–Crippen MR) is 266 cm³/mol. The third-order valence-electron chi connectivity index (χ3n) is 12.4. The van der Waals surface area contributed by atoms with Crippen molar-refractivity contribution in [3.63, 3.8) is 0 Å². The van der Waals surface area contributed by atoms with Crippen molar-refractivity contribution in [3.8, 4) is 0 Å². The van der Waals surface area contributed by atoms with E-state index in [1.807, 2.05) is 21.1 Å². The number of hydrogen-bond donors (Lipinski definition) is 1. The fourth-order valence-electron chi connectivity index (χ4n) is 8.14. The van der Waals surface area contributed by atoms with Crippen molar-refractivity contribution >= 4 is 19.8 Å². The molecule has 0 aromatic heterocycles. The Labute approximate surface area is 391 Å². The lowest BCUT2D eigenvalue weighted by Crippen LogP contribution is -2.37. The number of rotatable bonds is 51. The summed E-state index contributed by atoms with van der Waals surface area (Å²) in [5.74, 6) is -0.778. The molecular formula is C53H107NO8P+. The molecule has 0 spiro atoms. The smallest absolute Gasteiger partial charge is 0.462 e. The van der Waals surface area contributed by atoms with Crippen LogP contribution >= 0.6 is 7.82 Å². The highest BCUT2D eigenvalue weighted by Gasteiger charge is 2.27. The zero-order chi connectivity index (χ0) is 46.4. The van der Waals surface area contributed by atoms with Gasteiger partial charge in [0.1, 0.15) is 19.8 Å². The van der Waals surface area contributed by atoms with Crippen molar-refractivity contribution in [1.82, 2.24) is 0 Å². The van der Waals surface area contributed by atoms with E-state index in [1.165, 1.54) is 212 Å². The number of ether oxygens (including phenoxy) is 2. The van der Waals surface area contributed by atoms with Crippen LogP contribution in [0.1, 0.15) is 277 Å². The molecule has 2 atom stereocenters. The second-order valence-corrected chi connectivity index (χ2v) is 21.4. The third-order valence-corrected chi connectivity index (χ3v) is 13.4. The van der Waals surface area contributed by atoms with Crippen molar-refractivity contribution < 1.29 is 42.1 Å². The van der Waals surface area contributed by atoms with Gasteiger partial charge in [0.2, 0.25) is 0 Å². The van der Waals surface area contributed by atoms with Gasteiger partial charge in [0.15, 0.2) is 6.10 Å². The number of carbonyl (C=O) groups excluding carboxylic acids is 2. The number of likely N-dealkylation sites (N-methyl/N-ethyl adjacent to an activating group) is 1. The highest BCUT2D eigenvalue weighted by molar-refractivity contribution is 7.47. The van der Waals surface area contributed by atoms with Crippen molar-refractivity contribution in [3.05, 3.63) is 0 Å². The Bertz CT molecular complexity index is 1040. The van der Waals surface area contributed by atoms with Gasteiger partial charge in [-0.25, -0.2) is 4.57 Å². The van der Waals surface area contributed by atoms with Gasteiger partial charge in [0, 0.05) is 12.8 Å². The van der Waals surface area contributed by atoms with Crippen LogP contribution in [0, 0.1) is 0 Å². The molecule has 0 heterocycles. The SMILES string of the molecule is CCCCCCCCCCCCCCCCCCCCCCCCCCCCC(=O)OC(COC(=O)CCCCCCCCCCCCCCC)COP(=O)(O)OCC[N+](C)(C)C. The summed E-state index contributed by atoms with van der Waals surface area (Å²) in [6, 6.07) is 0. The quantitative estimate of drug-likeness (QED) is 0.0278. The summed E-state index contributed by atoms with van der Waals surface area (Å²) in [5.41, 5.74) is 0. The summed E-state index contributed by atoms with van der Waals surface area (Å²) in [6.45, 7) is 4.49. The molecule has 9 nitrogen and oxygen atoms in total. The van der Waals surface area contributed by atoms with E-state index in [0.717, 1.165) is 38.5 Å². The minimum Gasteiger partial charge on any atom is -0.462 e. The standard InChI is InChI=1S/C53H106NO8P/c1-6-8-10-12-14-16-18-20-21-22-23-24-25-26-27-28-29-30-31-32-34-36-38-40-42-44-46-53(56)62-51(50-61-63(57,58)60-48-47-54(3,4)5)49-59-52(55)45-43-41-39-37-35-33-19-17-15-13-11-9-7-2/h51H,6-50H2,1-5H3/p+1. The highest BCUT2D eigenvalue weighted by atomic mass is 31.2. The van der Waals surface area contributed by atoms with E-state index < -0.39 is 26.5 Å².